The van der Waals surface area contributed by atoms with Gasteiger partial charge < -0.3 is 11.1 Å². The second kappa shape index (κ2) is 7.92. The lowest BCUT2D eigenvalue weighted by atomic mass is 10.2. The van der Waals surface area contributed by atoms with Crippen LogP contribution < -0.4 is 11.1 Å². The van der Waals surface area contributed by atoms with Crippen LogP contribution in [0, 0.1) is 6.92 Å². The summed E-state index contributed by atoms with van der Waals surface area (Å²) >= 11 is 6.14. The first-order chi connectivity index (χ1) is 15.1. The van der Waals surface area contributed by atoms with Gasteiger partial charge in [0.25, 0.3) is 5.91 Å². The molecule has 0 radical (unpaired) electrons. The summed E-state index contributed by atoms with van der Waals surface area (Å²) in [6.45, 7) is 1.55. The van der Waals surface area contributed by atoms with Crippen molar-refractivity contribution in [3.8, 4) is 11.6 Å². The first kappa shape index (κ1) is 21.2. The van der Waals surface area contributed by atoms with E-state index in [-0.39, 0.29) is 28.2 Å². The molecule has 0 bridgehead atoms. The minimum Gasteiger partial charge on any atom is -0.384 e. The highest BCUT2D eigenvalue weighted by Gasteiger charge is 2.41. The molecule has 0 saturated carbocycles. The minimum atomic E-state index is -4.91. The molecule has 0 saturated heterocycles. The monoisotopic (exact) mass is 463 g/mol. The van der Waals surface area contributed by atoms with E-state index < -0.39 is 23.3 Å². The topological polar surface area (TPSA) is 129 Å². The largest absolute Gasteiger partial charge is 0.434 e. The summed E-state index contributed by atoms with van der Waals surface area (Å²) in [5.74, 6) is -1.01. The Morgan fingerprint density at radius 1 is 1.12 bits per heavy atom. The first-order valence-corrected chi connectivity index (χ1v) is 9.25. The maximum absolute atomic E-state index is 13.9. The van der Waals surface area contributed by atoms with Crippen molar-refractivity contribution in [1.82, 2.24) is 34.7 Å². The van der Waals surface area contributed by atoms with Gasteiger partial charge in [-0.2, -0.15) is 28.5 Å². The average molecular weight is 464 g/mol. The van der Waals surface area contributed by atoms with Crippen molar-refractivity contribution in [1.29, 1.82) is 0 Å². The number of carbonyl (C=O) groups excluding carboxylic acids is 1. The molecule has 0 aliphatic rings. The van der Waals surface area contributed by atoms with Crippen LogP contribution in [-0.4, -0.2) is 40.6 Å². The van der Waals surface area contributed by atoms with Crippen molar-refractivity contribution in [3.05, 3.63) is 64.8 Å². The molecular weight excluding hydrogens is 451 g/mol. The molecule has 3 N–H and O–H groups in total. The van der Waals surface area contributed by atoms with Gasteiger partial charge in [0, 0.05) is 0 Å². The number of hydrogen-bond donors (Lipinski definition) is 2. The summed E-state index contributed by atoms with van der Waals surface area (Å²) in [4.78, 5) is 21.8. The van der Waals surface area contributed by atoms with Crippen LogP contribution in [0.3, 0.4) is 0 Å². The number of hydrogen-bond acceptors (Lipinski definition) is 7. The van der Waals surface area contributed by atoms with E-state index in [1.54, 1.807) is 6.92 Å². The summed E-state index contributed by atoms with van der Waals surface area (Å²) in [6, 6.07) is 4.26. The quantitative estimate of drug-likeness (QED) is 0.475. The van der Waals surface area contributed by atoms with Gasteiger partial charge in [-0.3, -0.25) is 4.79 Å². The van der Waals surface area contributed by atoms with E-state index in [1.807, 2.05) is 0 Å². The molecule has 0 unspecified atom stereocenters. The zero-order valence-electron chi connectivity index (χ0n) is 16.2. The fraction of sp³-hybridized carbons (Fsp3) is 0.111. The highest BCUT2D eigenvalue weighted by atomic mass is 35.5. The Kier molecular flexibility index (Phi) is 5.26. The molecule has 10 nitrogen and oxygen atoms in total. The van der Waals surface area contributed by atoms with Crippen molar-refractivity contribution < 1.29 is 18.0 Å². The molecule has 0 spiro atoms. The van der Waals surface area contributed by atoms with Crippen LogP contribution in [0.25, 0.3) is 11.6 Å². The van der Waals surface area contributed by atoms with Crippen molar-refractivity contribution in [2.45, 2.75) is 13.1 Å². The molecule has 4 aromatic rings. The molecule has 164 valence electrons. The predicted molar refractivity (Wildman–Crippen MR) is 108 cm³/mol. The summed E-state index contributed by atoms with van der Waals surface area (Å²) in [5, 5.41) is 13.9. The molecule has 0 aliphatic carbocycles. The fourth-order valence-electron chi connectivity index (χ4n) is 2.86. The van der Waals surface area contributed by atoms with Crippen LogP contribution in [-0.2, 0) is 6.18 Å². The number of aromatic nitrogens is 7. The number of nitrogen functional groups attached to an aromatic ring is 1. The fourth-order valence-corrected chi connectivity index (χ4v) is 3.11. The third-order valence-corrected chi connectivity index (χ3v) is 4.54. The minimum absolute atomic E-state index is 0.00713. The van der Waals surface area contributed by atoms with Crippen molar-refractivity contribution in [2.75, 3.05) is 11.1 Å². The van der Waals surface area contributed by atoms with Gasteiger partial charge in [0.05, 0.1) is 41.1 Å². The van der Waals surface area contributed by atoms with E-state index in [0.717, 1.165) is 11.0 Å². The van der Waals surface area contributed by atoms with Crippen LogP contribution in [0.4, 0.5) is 24.7 Å². The second-order valence-electron chi connectivity index (χ2n) is 6.50. The van der Waals surface area contributed by atoms with E-state index in [1.165, 1.54) is 36.8 Å². The van der Waals surface area contributed by atoms with Crippen LogP contribution in [0.15, 0.2) is 43.0 Å². The molecule has 4 rings (SSSR count). The van der Waals surface area contributed by atoms with Gasteiger partial charge in [-0.05, 0) is 24.6 Å². The zero-order chi connectivity index (χ0) is 23.0. The Labute approximate surface area is 182 Å². The number of halogens is 4. The molecule has 0 fully saturated rings. The number of nitrogens with two attached hydrogens (primary N) is 1. The number of pyridine rings is 2. The Balaban J connectivity index is 1.70. The zero-order valence-corrected chi connectivity index (χ0v) is 16.9. The van der Waals surface area contributed by atoms with Gasteiger partial charge >= 0.3 is 6.18 Å². The average Bonchev–Trinajstić information content (AvgIpc) is 3.39. The molecule has 0 aromatic carbocycles. The number of carbonyl (C=O) groups is 1. The van der Waals surface area contributed by atoms with Crippen molar-refractivity contribution >= 4 is 29.0 Å². The maximum atomic E-state index is 13.9. The van der Waals surface area contributed by atoms with Crippen LogP contribution in [0.2, 0.25) is 5.02 Å². The molecule has 1 amide bonds. The molecule has 0 atom stereocenters. The molecule has 4 aromatic heterocycles. The third kappa shape index (κ3) is 3.97. The number of rotatable bonds is 4. The van der Waals surface area contributed by atoms with Crippen LogP contribution in [0.5, 0.6) is 0 Å². The molecular formula is C18H13ClF3N9O. The lowest BCUT2D eigenvalue weighted by Gasteiger charge is -2.14. The van der Waals surface area contributed by atoms with Gasteiger partial charge in [-0.15, -0.1) is 4.80 Å². The summed E-state index contributed by atoms with van der Waals surface area (Å²) in [5.41, 5.74) is 4.05. The smallest absolute Gasteiger partial charge is 0.384 e. The molecule has 4 heterocycles. The number of aryl methyl sites for hydroxylation is 1. The summed E-state index contributed by atoms with van der Waals surface area (Å²) < 4.78 is 42.2. The SMILES string of the molecule is Cc1ccc(N)nc1-n1ncc(C(=O)Nc2cnc(-n3nccn3)c(Cl)c2)c1C(F)(F)F. The molecule has 14 heteroatoms. The number of amides is 1. The predicted octanol–water partition coefficient (Wildman–Crippen LogP) is 3.06. The van der Waals surface area contributed by atoms with Crippen LogP contribution >= 0.6 is 11.6 Å². The Morgan fingerprint density at radius 3 is 2.50 bits per heavy atom. The Bertz CT molecular complexity index is 1300. The van der Waals surface area contributed by atoms with Gasteiger partial charge in [0.2, 0.25) is 0 Å². The molecule has 0 aliphatic heterocycles. The van der Waals surface area contributed by atoms with E-state index >= 15 is 0 Å². The standard InChI is InChI=1S/C18H13ClF3N9O/c1-9-2-3-13(23)29-15(9)30-14(18(20,21)22)11(8-27-30)17(32)28-10-6-12(19)16(24-7-10)31-25-4-5-26-31/h2-8H,1H3,(H2,23,29)(H,28,32). The normalized spacial score (nSPS) is 11.5. The second-order valence-corrected chi connectivity index (χ2v) is 6.90. The molecule has 32 heavy (non-hydrogen) atoms. The van der Waals surface area contributed by atoms with E-state index in [2.05, 4.69) is 30.6 Å². The van der Waals surface area contributed by atoms with E-state index in [0.29, 0.717) is 10.2 Å². The lowest BCUT2D eigenvalue weighted by molar-refractivity contribution is -0.143. The van der Waals surface area contributed by atoms with E-state index in [4.69, 9.17) is 17.3 Å². The first-order valence-electron chi connectivity index (χ1n) is 8.87. The highest BCUT2D eigenvalue weighted by Crippen LogP contribution is 2.34. The number of nitrogens with zero attached hydrogens (tertiary/aromatic N) is 7. The lowest BCUT2D eigenvalue weighted by Crippen LogP contribution is -2.21. The van der Waals surface area contributed by atoms with Gasteiger partial charge in [-0.25, -0.2) is 14.6 Å². The Hall–Kier alpha value is -4.00. The Morgan fingerprint density at radius 2 is 1.84 bits per heavy atom. The number of nitrogens with one attached hydrogen (secondary N) is 1. The highest BCUT2D eigenvalue weighted by molar-refractivity contribution is 6.32. The number of alkyl halides is 3. The van der Waals surface area contributed by atoms with Gasteiger partial charge in [0.1, 0.15) is 5.82 Å². The summed E-state index contributed by atoms with van der Waals surface area (Å²) in [6.07, 6.45) is -0.0570. The maximum Gasteiger partial charge on any atom is 0.434 e. The summed E-state index contributed by atoms with van der Waals surface area (Å²) in [7, 11) is 0. The third-order valence-electron chi connectivity index (χ3n) is 4.26. The van der Waals surface area contributed by atoms with Crippen LogP contribution in [0.1, 0.15) is 21.6 Å². The number of anilines is 2. The van der Waals surface area contributed by atoms with Gasteiger partial charge in [0.15, 0.2) is 17.3 Å². The van der Waals surface area contributed by atoms with E-state index in [9.17, 15) is 18.0 Å². The van der Waals surface area contributed by atoms with Crippen molar-refractivity contribution in [2.24, 2.45) is 0 Å². The van der Waals surface area contributed by atoms with Gasteiger partial charge in [-0.1, -0.05) is 17.7 Å². The van der Waals surface area contributed by atoms with Crippen molar-refractivity contribution in [3.63, 3.8) is 0 Å².